The molecular formula is H7AlCuO2. The fraction of sp³-hybridized carbons (Fsp3) is 0. The van der Waals surface area contributed by atoms with Gasteiger partial charge in [-0.05, 0) is 0 Å². The van der Waals surface area contributed by atoms with E-state index >= 15 is 0 Å². The van der Waals surface area contributed by atoms with Gasteiger partial charge in [0.15, 0.2) is 17.4 Å². The third-order valence-corrected chi connectivity index (χ3v) is 0. The summed E-state index contributed by atoms with van der Waals surface area (Å²) in [6.07, 6.45) is 0. The number of hydrogen-bond acceptors (Lipinski definition) is 0. The molecule has 0 heterocycles. The Morgan fingerprint density at radius 3 is 0.750 bits per heavy atom. The molecule has 0 aliphatic carbocycles. The second kappa shape index (κ2) is 37.1. The summed E-state index contributed by atoms with van der Waals surface area (Å²) < 4.78 is 0. The van der Waals surface area contributed by atoms with Crippen LogP contribution in [0, 0.1) is 0 Å². The Hall–Kier alpha value is 0.972. The topological polar surface area (TPSA) is 63.0 Å². The fourth-order valence-corrected chi connectivity index (χ4v) is 0. The average molecular weight is 130 g/mol. The molecule has 4 heavy (non-hydrogen) atoms. The van der Waals surface area contributed by atoms with E-state index in [1.807, 2.05) is 0 Å². The van der Waals surface area contributed by atoms with Crippen molar-refractivity contribution in [1.29, 1.82) is 0 Å². The van der Waals surface area contributed by atoms with E-state index < -0.39 is 0 Å². The van der Waals surface area contributed by atoms with Crippen molar-refractivity contribution in [3.05, 3.63) is 0 Å². The fourth-order valence-electron chi connectivity index (χ4n) is 0. The smallest absolute Gasteiger partial charge is 0.187 e. The van der Waals surface area contributed by atoms with Gasteiger partial charge in [-0.15, -0.1) is 0 Å². The van der Waals surface area contributed by atoms with Gasteiger partial charge in [-0.1, -0.05) is 0 Å². The Bertz CT molecular complexity index is 6.00. The van der Waals surface area contributed by atoms with Gasteiger partial charge in [0.05, 0.1) is 0 Å². The third kappa shape index (κ3) is 12.2. The first-order valence-electron chi connectivity index (χ1n) is 0. The van der Waals surface area contributed by atoms with Gasteiger partial charge in [0.1, 0.15) is 0 Å². The molecule has 0 aromatic carbocycles. The van der Waals surface area contributed by atoms with Crippen LogP contribution in [0.3, 0.4) is 0 Å². The maximum atomic E-state index is 0. The summed E-state index contributed by atoms with van der Waals surface area (Å²) in [6, 6.07) is 0. The van der Waals surface area contributed by atoms with Crippen LogP contribution in [0.1, 0.15) is 0 Å². The molecule has 0 saturated heterocycles. The zero-order valence-electron chi connectivity index (χ0n) is 1.30. The minimum atomic E-state index is 0. The van der Waals surface area contributed by atoms with Crippen LogP contribution in [0.5, 0.6) is 0 Å². The van der Waals surface area contributed by atoms with Crippen LogP contribution in [-0.4, -0.2) is 28.3 Å². The van der Waals surface area contributed by atoms with Crippen molar-refractivity contribution in [2.24, 2.45) is 0 Å². The van der Waals surface area contributed by atoms with Crippen LogP contribution >= 0.6 is 0 Å². The molecule has 0 saturated carbocycles. The monoisotopic (exact) mass is 129 g/mol. The molecule has 0 amide bonds. The molecule has 0 aromatic heterocycles. The molecule has 0 aliphatic rings. The standard InChI is InChI=1S/Al.Cu.2H2O.3H/h;;2*1H2;;;. The van der Waals surface area contributed by atoms with E-state index in [1.54, 1.807) is 0 Å². The van der Waals surface area contributed by atoms with Crippen molar-refractivity contribution in [2.75, 3.05) is 0 Å². The zero-order valence-corrected chi connectivity index (χ0v) is 2.24. The van der Waals surface area contributed by atoms with Crippen LogP contribution in [0.4, 0.5) is 0 Å². The first-order valence-corrected chi connectivity index (χ1v) is 0. The molecule has 0 fully saturated rings. The summed E-state index contributed by atoms with van der Waals surface area (Å²) >= 11 is 0. The van der Waals surface area contributed by atoms with Gasteiger partial charge < -0.3 is 11.0 Å². The van der Waals surface area contributed by atoms with Crippen LogP contribution in [-0.2, 0) is 17.1 Å². The Labute approximate surface area is 45.8 Å². The van der Waals surface area contributed by atoms with Gasteiger partial charge in [0, 0.05) is 17.1 Å². The van der Waals surface area contributed by atoms with Gasteiger partial charge in [-0.2, -0.15) is 0 Å². The summed E-state index contributed by atoms with van der Waals surface area (Å²) in [5, 5.41) is 0. The minimum absolute atomic E-state index is 0. The molecule has 33 valence electrons. The summed E-state index contributed by atoms with van der Waals surface area (Å²) in [6.45, 7) is 0. The van der Waals surface area contributed by atoms with Crippen molar-refractivity contribution >= 4 is 17.4 Å². The summed E-state index contributed by atoms with van der Waals surface area (Å²) in [4.78, 5) is 0. The first kappa shape index (κ1) is 83.0. The SMILES string of the molecule is O.O.[AlH3].[Cu]. The minimum Gasteiger partial charge on any atom is -0.412 e. The molecule has 2 nitrogen and oxygen atoms in total. The Kier molecular flexibility index (Phi) is 771. The van der Waals surface area contributed by atoms with E-state index in [1.165, 1.54) is 0 Å². The van der Waals surface area contributed by atoms with Crippen LogP contribution < -0.4 is 0 Å². The quantitative estimate of drug-likeness (QED) is 0.317. The van der Waals surface area contributed by atoms with E-state index in [9.17, 15) is 0 Å². The van der Waals surface area contributed by atoms with E-state index in [4.69, 9.17) is 0 Å². The molecule has 1 radical (unpaired) electrons. The molecule has 0 unspecified atom stereocenters. The molecule has 0 aromatic rings. The van der Waals surface area contributed by atoms with E-state index in [0.717, 1.165) is 0 Å². The summed E-state index contributed by atoms with van der Waals surface area (Å²) in [7, 11) is 0. The Morgan fingerprint density at radius 2 is 0.750 bits per heavy atom. The van der Waals surface area contributed by atoms with Crippen molar-refractivity contribution in [1.82, 2.24) is 0 Å². The van der Waals surface area contributed by atoms with Gasteiger partial charge in [-0.3, -0.25) is 0 Å². The van der Waals surface area contributed by atoms with E-state index in [0.29, 0.717) is 0 Å². The largest absolute Gasteiger partial charge is 0.412 e. The third-order valence-electron chi connectivity index (χ3n) is 0. The van der Waals surface area contributed by atoms with Crippen LogP contribution in [0.25, 0.3) is 0 Å². The van der Waals surface area contributed by atoms with Crippen molar-refractivity contribution in [2.45, 2.75) is 0 Å². The summed E-state index contributed by atoms with van der Waals surface area (Å²) in [5.74, 6) is 0. The predicted octanol–water partition coefficient (Wildman–Crippen LogP) is -2.84. The Morgan fingerprint density at radius 1 is 0.750 bits per heavy atom. The maximum Gasteiger partial charge on any atom is 0.187 e. The van der Waals surface area contributed by atoms with Crippen LogP contribution in [0.2, 0.25) is 0 Å². The molecule has 4 N–H and O–H groups in total. The molecule has 0 bridgehead atoms. The molecule has 0 atom stereocenters. The molecule has 0 aliphatic heterocycles. The van der Waals surface area contributed by atoms with E-state index in [-0.39, 0.29) is 45.4 Å². The Balaban J connectivity index is 0. The number of rotatable bonds is 0. The van der Waals surface area contributed by atoms with Crippen molar-refractivity contribution in [3.63, 3.8) is 0 Å². The van der Waals surface area contributed by atoms with Gasteiger partial charge >= 0.3 is 0 Å². The number of hydrogen-bond donors (Lipinski definition) is 0. The zero-order chi connectivity index (χ0) is 0. The van der Waals surface area contributed by atoms with Gasteiger partial charge in [0.25, 0.3) is 0 Å². The molecular weight excluding hydrogens is 123 g/mol. The predicted molar refractivity (Wildman–Crippen MR) is 17.2 cm³/mol. The molecule has 4 heteroatoms. The van der Waals surface area contributed by atoms with Crippen molar-refractivity contribution in [3.8, 4) is 0 Å². The second-order valence-electron chi connectivity index (χ2n) is 0. The first-order chi connectivity index (χ1) is 0. The van der Waals surface area contributed by atoms with Gasteiger partial charge in [-0.25, -0.2) is 0 Å². The molecule has 0 rings (SSSR count). The van der Waals surface area contributed by atoms with Crippen LogP contribution in [0.15, 0.2) is 0 Å². The van der Waals surface area contributed by atoms with Crippen molar-refractivity contribution < 1.29 is 28.0 Å². The normalized spacial score (nSPS) is 0. The summed E-state index contributed by atoms with van der Waals surface area (Å²) in [5.41, 5.74) is 0. The van der Waals surface area contributed by atoms with E-state index in [2.05, 4.69) is 0 Å². The molecule has 0 spiro atoms. The maximum absolute atomic E-state index is 0. The van der Waals surface area contributed by atoms with Gasteiger partial charge in [0.2, 0.25) is 0 Å². The average Bonchev–Trinajstić information content (AvgIpc) is 0. The second-order valence-corrected chi connectivity index (χ2v) is 0.